The number of benzene rings is 1. The van der Waals surface area contributed by atoms with Crippen LogP contribution in [0.15, 0.2) is 59.7 Å². The Morgan fingerprint density at radius 3 is 2.92 bits per heavy atom. The van der Waals surface area contributed by atoms with E-state index in [0.717, 1.165) is 21.3 Å². The number of rotatable bonds is 6. The van der Waals surface area contributed by atoms with Crippen molar-refractivity contribution in [1.29, 1.82) is 0 Å². The number of aromatic nitrogens is 3. The molecule has 1 aromatic carbocycles. The van der Waals surface area contributed by atoms with E-state index in [0.29, 0.717) is 10.7 Å². The van der Waals surface area contributed by atoms with Gasteiger partial charge in [0.15, 0.2) is 4.34 Å². The predicted molar refractivity (Wildman–Crippen MR) is 99.3 cm³/mol. The number of thioether (sulfide) groups is 1. The van der Waals surface area contributed by atoms with Crippen LogP contribution in [0.25, 0.3) is 5.69 Å². The first-order valence-electron chi connectivity index (χ1n) is 7.30. The third kappa shape index (κ3) is 3.74. The molecule has 0 aliphatic heterocycles. The van der Waals surface area contributed by atoms with Crippen molar-refractivity contribution in [3.63, 3.8) is 0 Å². The molecule has 0 bridgehead atoms. The average Bonchev–Trinajstić information content (AvgIpc) is 3.25. The van der Waals surface area contributed by atoms with Gasteiger partial charge in [0, 0.05) is 29.4 Å². The highest BCUT2D eigenvalue weighted by Gasteiger charge is 2.12. The molecule has 0 fully saturated rings. The van der Waals surface area contributed by atoms with Gasteiger partial charge < -0.3 is 4.57 Å². The average molecular weight is 356 g/mol. The smallest absolute Gasteiger partial charge is 0.257 e. The first-order valence-corrected chi connectivity index (χ1v) is 9.10. The van der Waals surface area contributed by atoms with E-state index in [1.54, 1.807) is 6.08 Å². The summed E-state index contributed by atoms with van der Waals surface area (Å²) in [6, 6.07) is 9.53. The molecule has 5 nitrogen and oxygen atoms in total. The van der Waals surface area contributed by atoms with Crippen LogP contribution in [-0.4, -0.2) is 26.4 Å². The summed E-state index contributed by atoms with van der Waals surface area (Å²) in [4.78, 5) is 12.5. The normalized spacial score (nSPS) is 10.5. The quantitative estimate of drug-likeness (QED) is 0.409. The van der Waals surface area contributed by atoms with Crippen LogP contribution in [0.3, 0.4) is 0 Å². The van der Waals surface area contributed by atoms with Gasteiger partial charge in [-0.25, -0.2) is 0 Å². The van der Waals surface area contributed by atoms with E-state index >= 15 is 0 Å². The second kappa shape index (κ2) is 7.46. The minimum Gasteiger partial charge on any atom is -0.324 e. The first-order chi connectivity index (χ1) is 11.7. The molecular weight excluding hydrogens is 340 g/mol. The SMILES string of the molecule is C=CCSc1nnc(NC(=O)c2ccc(C)c(-n3cccc3)c2)s1. The van der Waals surface area contributed by atoms with Gasteiger partial charge in [-0.05, 0) is 36.8 Å². The van der Waals surface area contributed by atoms with Gasteiger partial charge in [0.2, 0.25) is 5.13 Å². The molecule has 0 radical (unpaired) electrons. The molecule has 0 saturated heterocycles. The number of carbonyl (C=O) groups is 1. The Balaban J connectivity index is 1.77. The second-order valence-electron chi connectivity index (χ2n) is 5.02. The topological polar surface area (TPSA) is 59.8 Å². The molecule has 122 valence electrons. The van der Waals surface area contributed by atoms with Crippen LogP contribution in [0, 0.1) is 6.92 Å². The molecule has 2 aromatic heterocycles. The molecule has 7 heteroatoms. The van der Waals surface area contributed by atoms with E-state index in [1.165, 1.54) is 23.1 Å². The summed E-state index contributed by atoms with van der Waals surface area (Å²) in [5.41, 5.74) is 2.66. The Morgan fingerprint density at radius 2 is 2.17 bits per heavy atom. The Kier molecular flexibility index (Phi) is 5.12. The van der Waals surface area contributed by atoms with Crippen LogP contribution < -0.4 is 5.32 Å². The fraction of sp³-hybridized carbons (Fsp3) is 0.118. The van der Waals surface area contributed by atoms with Crippen molar-refractivity contribution in [2.75, 3.05) is 11.1 Å². The number of carbonyl (C=O) groups excluding carboxylic acids is 1. The van der Waals surface area contributed by atoms with Gasteiger partial charge in [-0.1, -0.05) is 35.2 Å². The van der Waals surface area contributed by atoms with Crippen LogP contribution >= 0.6 is 23.1 Å². The summed E-state index contributed by atoms with van der Waals surface area (Å²) >= 11 is 2.90. The van der Waals surface area contributed by atoms with E-state index in [-0.39, 0.29) is 5.91 Å². The fourth-order valence-corrected chi connectivity index (χ4v) is 3.65. The van der Waals surface area contributed by atoms with Crippen molar-refractivity contribution in [1.82, 2.24) is 14.8 Å². The van der Waals surface area contributed by atoms with Gasteiger partial charge >= 0.3 is 0 Å². The van der Waals surface area contributed by atoms with E-state index < -0.39 is 0 Å². The highest BCUT2D eigenvalue weighted by molar-refractivity contribution is 8.01. The molecule has 0 aliphatic carbocycles. The molecule has 0 saturated carbocycles. The van der Waals surface area contributed by atoms with Crippen molar-refractivity contribution in [2.45, 2.75) is 11.3 Å². The van der Waals surface area contributed by atoms with Crippen LogP contribution in [0.5, 0.6) is 0 Å². The minimum atomic E-state index is -0.195. The Morgan fingerprint density at radius 1 is 1.38 bits per heavy atom. The highest BCUT2D eigenvalue weighted by atomic mass is 32.2. The summed E-state index contributed by atoms with van der Waals surface area (Å²) in [6.07, 6.45) is 5.72. The molecule has 3 aromatic rings. The van der Waals surface area contributed by atoms with Crippen LogP contribution in [0.1, 0.15) is 15.9 Å². The van der Waals surface area contributed by atoms with Crippen molar-refractivity contribution in [3.05, 3.63) is 66.5 Å². The fourth-order valence-electron chi connectivity index (χ4n) is 2.14. The Bertz CT molecular complexity index is 855. The van der Waals surface area contributed by atoms with Crippen LogP contribution in [0.4, 0.5) is 5.13 Å². The zero-order chi connectivity index (χ0) is 16.9. The highest BCUT2D eigenvalue weighted by Crippen LogP contribution is 2.26. The first kappa shape index (κ1) is 16.5. The summed E-state index contributed by atoms with van der Waals surface area (Å²) in [6.45, 7) is 5.69. The molecular formula is C17H16N4OS2. The molecule has 0 atom stereocenters. The number of hydrogen-bond acceptors (Lipinski definition) is 5. The Hall–Kier alpha value is -2.38. The summed E-state index contributed by atoms with van der Waals surface area (Å²) in [7, 11) is 0. The molecule has 0 spiro atoms. The Labute approximate surface area is 148 Å². The molecule has 1 amide bonds. The standard InChI is InChI=1S/C17H16N4OS2/c1-3-10-23-17-20-19-16(24-17)18-15(22)13-7-6-12(2)14(11-13)21-8-4-5-9-21/h3-9,11H,1,10H2,2H3,(H,18,19,22). The largest absolute Gasteiger partial charge is 0.324 e. The van der Waals surface area contributed by atoms with Gasteiger partial charge in [0.1, 0.15) is 0 Å². The summed E-state index contributed by atoms with van der Waals surface area (Å²) in [5, 5.41) is 11.3. The molecule has 0 unspecified atom stereocenters. The van der Waals surface area contributed by atoms with E-state index in [1.807, 2.05) is 54.2 Å². The lowest BCUT2D eigenvalue weighted by Crippen LogP contribution is -2.12. The lowest BCUT2D eigenvalue weighted by Gasteiger charge is -2.09. The zero-order valence-electron chi connectivity index (χ0n) is 13.1. The van der Waals surface area contributed by atoms with Gasteiger partial charge in [-0.2, -0.15) is 0 Å². The molecule has 2 heterocycles. The van der Waals surface area contributed by atoms with Crippen molar-refractivity contribution in [2.24, 2.45) is 0 Å². The summed E-state index contributed by atoms with van der Waals surface area (Å²) in [5.74, 6) is 0.570. The van der Waals surface area contributed by atoms with E-state index in [4.69, 9.17) is 0 Å². The lowest BCUT2D eigenvalue weighted by molar-refractivity contribution is 0.102. The predicted octanol–water partition coefficient (Wildman–Crippen LogP) is 4.17. The van der Waals surface area contributed by atoms with Gasteiger partial charge in [0.25, 0.3) is 5.91 Å². The van der Waals surface area contributed by atoms with Crippen LogP contribution in [-0.2, 0) is 0 Å². The molecule has 1 N–H and O–H groups in total. The maximum atomic E-state index is 12.5. The molecule has 24 heavy (non-hydrogen) atoms. The van der Waals surface area contributed by atoms with E-state index in [2.05, 4.69) is 22.1 Å². The van der Waals surface area contributed by atoms with Crippen molar-refractivity contribution >= 4 is 34.1 Å². The second-order valence-corrected chi connectivity index (χ2v) is 7.26. The van der Waals surface area contributed by atoms with Crippen LogP contribution in [0.2, 0.25) is 0 Å². The lowest BCUT2D eigenvalue weighted by atomic mass is 10.1. The van der Waals surface area contributed by atoms with Crippen molar-refractivity contribution in [3.8, 4) is 5.69 Å². The van der Waals surface area contributed by atoms with E-state index in [9.17, 15) is 4.79 Å². The zero-order valence-corrected chi connectivity index (χ0v) is 14.7. The third-order valence-corrected chi connectivity index (χ3v) is 5.27. The number of nitrogens with zero attached hydrogens (tertiary/aromatic N) is 3. The number of anilines is 1. The summed E-state index contributed by atoms with van der Waals surface area (Å²) < 4.78 is 2.79. The van der Waals surface area contributed by atoms with Gasteiger partial charge in [0.05, 0.1) is 0 Å². The number of amides is 1. The molecule has 0 aliphatic rings. The van der Waals surface area contributed by atoms with Gasteiger partial charge in [-0.3, -0.25) is 10.1 Å². The number of nitrogens with one attached hydrogen (secondary N) is 1. The monoisotopic (exact) mass is 356 g/mol. The molecule has 3 rings (SSSR count). The maximum absolute atomic E-state index is 12.5. The van der Waals surface area contributed by atoms with Gasteiger partial charge in [-0.15, -0.1) is 16.8 Å². The van der Waals surface area contributed by atoms with Crippen molar-refractivity contribution < 1.29 is 4.79 Å². The third-order valence-electron chi connectivity index (χ3n) is 3.31. The number of hydrogen-bond donors (Lipinski definition) is 1. The number of aryl methyl sites for hydroxylation is 1. The maximum Gasteiger partial charge on any atom is 0.257 e. The minimum absolute atomic E-state index is 0.195.